The molecule has 0 radical (unpaired) electrons. The highest BCUT2D eigenvalue weighted by Gasteiger charge is 2.15. The Bertz CT molecular complexity index is 935. The van der Waals surface area contributed by atoms with E-state index >= 15 is 0 Å². The molecule has 26 heavy (non-hydrogen) atoms. The predicted octanol–water partition coefficient (Wildman–Crippen LogP) is 4.63. The van der Waals surface area contributed by atoms with Gasteiger partial charge in [0.25, 0.3) is 0 Å². The van der Waals surface area contributed by atoms with Crippen LogP contribution in [-0.2, 0) is 17.8 Å². The molecule has 2 aromatic carbocycles. The van der Waals surface area contributed by atoms with Crippen molar-refractivity contribution in [3.63, 3.8) is 0 Å². The maximum atomic E-state index is 13.4. The standard InChI is InChI=1S/C20H19BrFN3O/c1-13-20(23-19(26)11-15-6-8-17(21)9-7-15)14(2)25(24-13)12-16-4-3-5-18(22)10-16/h3-10H,11-12H2,1-2H3,(H,23,26). The second-order valence-corrected chi connectivity index (χ2v) is 7.10. The van der Waals surface area contributed by atoms with E-state index in [-0.39, 0.29) is 11.7 Å². The van der Waals surface area contributed by atoms with Crippen LogP contribution >= 0.6 is 15.9 Å². The Hall–Kier alpha value is -2.47. The van der Waals surface area contributed by atoms with E-state index in [4.69, 9.17) is 0 Å². The van der Waals surface area contributed by atoms with Gasteiger partial charge in [-0.15, -0.1) is 0 Å². The minimum Gasteiger partial charge on any atom is -0.323 e. The number of amides is 1. The lowest BCUT2D eigenvalue weighted by Gasteiger charge is -2.08. The van der Waals surface area contributed by atoms with E-state index in [2.05, 4.69) is 26.3 Å². The van der Waals surface area contributed by atoms with Crippen molar-refractivity contribution in [2.24, 2.45) is 0 Å². The number of aromatic nitrogens is 2. The van der Waals surface area contributed by atoms with Crippen LogP contribution in [-0.4, -0.2) is 15.7 Å². The third-order valence-corrected chi connectivity index (χ3v) is 4.67. The minimum atomic E-state index is -0.271. The van der Waals surface area contributed by atoms with Crippen LogP contribution in [0.5, 0.6) is 0 Å². The monoisotopic (exact) mass is 415 g/mol. The van der Waals surface area contributed by atoms with Gasteiger partial charge in [0.2, 0.25) is 5.91 Å². The van der Waals surface area contributed by atoms with Crippen LogP contribution < -0.4 is 5.32 Å². The normalized spacial score (nSPS) is 10.8. The Balaban J connectivity index is 1.73. The average Bonchev–Trinajstić information content (AvgIpc) is 2.84. The third kappa shape index (κ3) is 4.38. The lowest BCUT2D eigenvalue weighted by atomic mass is 10.1. The van der Waals surface area contributed by atoms with E-state index in [0.717, 1.165) is 27.0 Å². The molecule has 4 nitrogen and oxygen atoms in total. The first kappa shape index (κ1) is 18.3. The summed E-state index contributed by atoms with van der Waals surface area (Å²) in [5.74, 6) is -0.365. The quantitative estimate of drug-likeness (QED) is 0.659. The SMILES string of the molecule is Cc1nn(Cc2cccc(F)c2)c(C)c1NC(=O)Cc1ccc(Br)cc1. The summed E-state index contributed by atoms with van der Waals surface area (Å²) in [6.07, 6.45) is 0.293. The molecule has 3 rings (SSSR count). The number of nitrogens with one attached hydrogen (secondary N) is 1. The number of hydrogen-bond acceptors (Lipinski definition) is 2. The highest BCUT2D eigenvalue weighted by Crippen LogP contribution is 2.21. The van der Waals surface area contributed by atoms with E-state index < -0.39 is 0 Å². The number of rotatable bonds is 5. The van der Waals surface area contributed by atoms with Crippen LogP contribution in [0.25, 0.3) is 0 Å². The molecule has 6 heteroatoms. The minimum absolute atomic E-state index is 0.0937. The molecule has 0 bridgehead atoms. The van der Waals surface area contributed by atoms with Gasteiger partial charge in [0, 0.05) is 4.47 Å². The number of hydrogen-bond donors (Lipinski definition) is 1. The second-order valence-electron chi connectivity index (χ2n) is 6.18. The molecule has 1 aromatic heterocycles. The number of aryl methyl sites for hydroxylation is 1. The van der Waals surface area contributed by atoms with Gasteiger partial charge in [-0.1, -0.05) is 40.2 Å². The molecule has 0 aliphatic heterocycles. The summed E-state index contributed by atoms with van der Waals surface area (Å²) in [7, 11) is 0. The predicted molar refractivity (Wildman–Crippen MR) is 104 cm³/mol. The molecule has 0 saturated carbocycles. The lowest BCUT2D eigenvalue weighted by molar-refractivity contribution is -0.115. The zero-order valence-corrected chi connectivity index (χ0v) is 16.2. The van der Waals surface area contributed by atoms with E-state index in [0.29, 0.717) is 18.7 Å². The van der Waals surface area contributed by atoms with Crippen molar-refractivity contribution in [3.05, 3.63) is 81.3 Å². The van der Waals surface area contributed by atoms with Crippen molar-refractivity contribution in [1.29, 1.82) is 0 Å². The molecule has 1 heterocycles. The molecule has 0 spiro atoms. The van der Waals surface area contributed by atoms with Gasteiger partial charge >= 0.3 is 0 Å². The first-order chi connectivity index (χ1) is 12.4. The van der Waals surface area contributed by atoms with Gasteiger partial charge < -0.3 is 5.32 Å². The molecule has 0 unspecified atom stereocenters. The summed E-state index contributed by atoms with van der Waals surface area (Å²) in [5.41, 5.74) is 4.05. The van der Waals surface area contributed by atoms with Crippen LogP contribution in [0.2, 0.25) is 0 Å². The number of carbonyl (C=O) groups is 1. The number of benzene rings is 2. The maximum Gasteiger partial charge on any atom is 0.228 e. The number of halogens is 2. The largest absolute Gasteiger partial charge is 0.323 e. The van der Waals surface area contributed by atoms with Crippen LogP contribution in [0.4, 0.5) is 10.1 Å². The molecule has 0 aliphatic carbocycles. The Kier molecular flexibility index (Phi) is 5.52. The molecule has 0 fully saturated rings. The Morgan fingerprint density at radius 2 is 1.88 bits per heavy atom. The first-order valence-corrected chi connectivity index (χ1v) is 9.04. The molecule has 3 aromatic rings. The summed E-state index contributed by atoms with van der Waals surface area (Å²) in [4.78, 5) is 12.4. The fourth-order valence-electron chi connectivity index (χ4n) is 2.81. The second kappa shape index (κ2) is 7.83. The van der Waals surface area contributed by atoms with E-state index in [1.54, 1.807) is 10.7 Å². The van der Waals surface area contributed by atoms with Crippen molar-refractivity contribution in [2.75, 3.05) is 5.32 Å². The highest BCUT2D eigenvalue weighted by atomic mass is 79.9. The fourth-order valence-corrected chi connectivity index (χ4v) is 3.08. The molecule has 134 valence electrons. The van der Waals surface area contributed by atoms with Gasteiger partial charge in [-0.2, -0.15) is 5.10 Å². The van der Waals surface area contributed by atoms with Gasteiger partial charge in [0.05, 0.1) is 30.0 Å². The highest BCUT2D eigenvalue weighted by molar-refractivity contribution is 9.10. The molecule has 0 atom stereocenters. The Morgan fingerprint density at radius 1 is 1.15 bits per heavy atom. The van der Waals surface area contributed by atoms with Gasteiger partial charge in [0.15, 0.2) is 0 Å². The number of carbonyl (C=O) groups excluding carboxylic acids is 1. The number of nitrogens with zero attached hydrogens (tertiary/aromatic N) is 2. The molecule has 1 amide bonds. The first-order valence-electron chi connectivity index (χ1n) is 8.25. The van der Waals surface area contributed by atoms with Crippen molar-refractivity contribution in [2.45, 2.75) is 26.8 Å². The van der Waals surface area contributed by atoms with E-state index in [1.165, 1.54) is 12.1 Å². The lowest BCUT2D eigenvalue weighted by Crippen LogP contribution is -2.15. The maximum absolute atomic E-state index is 13.4. The van der Waals surface area contributed by atoms with E-state index in [9.17, 15) is 9.18 Å². The smallest absolute Gasteiger partial charge is 0.228 e. The molecule has 0 saturated heterocycles. The topological polar surface area (TPSA) is 46.9 Å². The molecule has 1 N–H and O–H groups in total. The zero-order chi connectivity index (χ0) is 18.7. The summed E-state index contributed by atoms with van der Waals surface area (Å²) in [6, 6.07) is 14.1. The molecular weight excluding hydrogens is 397 g/mol. The van der Waals surface area contributed by atoms with E-state index in [1.807, 2.05) is 44.2 Å². The summed E-state index contributed by atoms with van der Waals surface area (Å²) < 4.78 is 16.1. The van der Waals surface area contributed by atoms with Crippen LogP contribution in [0, 0.1) is 19.7 Å². The van der Waals surface area contributed by atoms with Gasteiger partial charge in [-0.05, 0) is 49.2 Å². The fraction of sp³-hybridized carbons (Fsp3) is 0.200. The molecule has 0 aliphatic rings. The molecular formula is C20H19BrFN3O. The Labute approximate surface area is 160 Å². The van der Waals surface area contributed by atoms with Crippen LogP contribution in [0.1, 0.15) is 22.5 Å². The van der Waals surface area contributed by atoms with Gasteiger partial charge in [0.1, 0.15) is 5.82 Å². The zero-order valence-electron chi connectivity index (χ0n) is 14.6. The number of anilines is 1. The summed E-state index contributed by atoms with van der Waals surface area (Å²) >= 11 is 3.38. The van der Waals surface area contributed by atoms with Gasteiger partial charge in [-0.3, -0.25) is 9.48 Å². The van der Waals surface area contributed by atoms with Crippen molar-refractivity contribution < 1.29 is 9.18 Å². The summed E-state index contributed by atoms with van der Waals surface area (Å²) in [6.45, 7) is 4.20. The van der Waals surface area contributed by atoms with Gasteiger partial charge in [-0.25, -0.2) is 4.39 Å². The third-order valence-electron chi connectivity index (χ3n) is 4.15. The Morgan fingerprint density at radius 3 is 2.58 bits per heavy atom. The van der Waals surface area contributed by atoms with Crippen molar-refractivity contribution in [3.8, 4) is 0 Å². The van der Waals surface area contributed by atoms with Crippen LogP contribution in [0.15, 0.2) is 53.0 Å². The van der Waals surface area contributed by atoms with Crippen molar-refractivity contribution in [1.82, 2.24) is 9.78 Å². The van der Waals surface area contributed by atoms with Crippen LogP contribution in [0.3, 0.4) is 0 Å². The summed E-state index contributed by atoms with van der Waals surface area (Å²) in [5, 5.41) is 7.43. The average molecular weight is 416 g/mol. The van der Waals surface area contributed by atoms with Crippen molar-refractivity contribution >= 4 is 27.5 Å².